The summed E-state index contributed by atoms with van der Waals surface area (Å²) in [6.07, 6.45) is -1.59. The molecule has 0 saturated carbocycles. The molecule has 0 aliphatic rings. The summed E-state index contributed by atoms with van der Waals surface area (Å²) in [5.74, 6) is -1.36. The number of carbonyl (C=O) groups is 4. The number of hydrogen-bond acceptors (Lipinski definition) is 9. The second-order valence-electron chi connectivity index (χ2n) is 8.59. The number of nitrogens with zero attached hydrogens (tertiary/aromatic N) is 1. The zero-order chi connectivity index (χ0) is 28.7. The zero-order valence-corrected chi connectivity index (χ0v) is 22.2. The number of esters is 2. The number of amides is 2. The molecule has 0 fully saturated rings. The molecule has 3 rings (SSSR count). The molecule has 3 aromatic rings. The number of pyridine rings is 1. The van der Waals surface area contributed by atoms with Crippen LogP contribution in [0, 0.1) is 0 Å². The van der Waals surface area contributed by atoms with Gasteiger partial charge in [0.2, 0.25) is 0 Å². The van der Waals surface area contributed by atoms with Gasteiger partial charge in [-0.3, -0.25) is 4.98 Å². The fraction of sp³-hybridized carbons (Fsp3) is 0.276. The standard InChI is InChI=1S/C29H31N3O8/c1-37-26(33)24(31-28(35)39-18-20-10-5-3-6-11-20)16-22-14-9-15-23(30-22)17-25(27(34)38-2)32-29(36)40-19-21-12-7-4-8-13-21/h3-15,24-25H,16-19H2,1-2H3,(H,31,35)(H,32,36)/t24-,25+. The molecule has 2 aromatic carbocycles. The predicted molar refractivity (Wildman–Crippen MR) is 143 cm³/mol. The molecule has 2 N–H and O–H groups in total. The molecule has 1 aromatic heterocycles. The van der Waals surface area contributed by atoms with Gasteiger partial charge in [0.05, 0.1) is 14.2 Å². The van der Waals surface area contributed by atoms with Crippen LogP contribution in [0.25, 0.3) is 0 Å². The first kappa shape index (κ1) is 29.6. The molecular weight excluding hydrogens is 518 g/mol. The van der Waals surface area contributed by atoms with Crippen molar-refractivity contribution in [3.8, 4) is 0 Å². The number of aromatic nitrogens is 1. The first-order valence-electron chi connectivity index (χ1n) is 12.4. The van der Waals surface area contributed by atoms with Crippen LogP contribution >= 0.6 is 0 Å². The van der Waals surface area contributed by atoms with Gasteiger partial charge in [0, 0.05) is 24.2 Å². The number of benzene rings is 2. The van der Waals surface area contributed by atoms with Crippen molar-refractivity contribution in [1.82, 2.24) is 15.6 Å². The molecule has 2 atom stereocenters. The Morgan fingerprint density at radius 3 is 1.40 bits per heavy atom. The third-order valence-electron chi connectivity index (χ3n) is 5.67. The average Bonchev–Trinajstić information content (AvgIpc) is 2.98. The van der Waals surface area contributed by atoms with Crippen molar-refractivity contribution < 1.29 is 38.1 Å². The second kappa shape index (κ2) is 15.5. The summed E-state index contributed by atoms with van der Waals surface area (Å²) in [4.78, 5) is 53.9. The summed E-state index contributed by atoms with van der Waals surface area (Å²) < 4.78 is 20.1. The minimum atomic E-state index is -1.07. The van der Waals surface area contributed by atoms with E-state index in [1.165, 1.54) is 14.2 Å². The highest BCUT2D eigenvalue weighted by molar-refractivity contribution is 5.82. The van der Waals surface area contributed by atoms with Crippen molar-refractivity contribution in [1.29, 1.82) is 0 Å². The minimum absolute atomic E-state index is 0.00358. The van der Waals surface area contributed by atoms with Crippen LogP contribution in [-0.4, -0.2) is 55.4 Å². The molecule has 11 nitrogen and oxygen atoms in total. The lowest BCUT2D eigenvalue weighted by atomic mass is 10.1. The van der Waals surface area contributed by atoms with Crippen LogP contribution in [0.15, 0.2) is 78.9 Å². The van der Waals surface area contributed by atoms with E-state index in [1.54, 1.807) is 42.5 Å². The Bertz CT molecular complexity index is 1180. The summed E-state index contributed by atoms with van der Waals surface area (Å²) in [5.41, 5.74) is 2.46. The molecule has 11 heteroatoms. The lowest BCUT2D eigenvalue weighted by Crippen LogP contribution is -2.44. The number of nitrogens with one attached hydrogen (secondary N) is 2. The third kappa shape index (κ3) is 9.75. The molecule has 0 unspecified atom stereocenters. The summed E-state index contributed by atoms with van der Waals surface area (Å²) in [7, 11) is 2.42. The number of ether oxygens (including phenoxy) is 4. The first-order valence-corrected chi connectivity index (χ1v) is 12.4. The van der Waals surface area contributed by atoms with Crippen LogP contribution in [0.3, 0.4) is 0 Å². The Hall–Kier alpha value is -4.93. The van der Waals surface area contributed by atoms with E-state index in [0.717, 1.165) is 11.1 Å². The number of methoxy groups -OCH3 is 2. The predicted octanol–water partition coefficient (Wildman–Crippen LogP) is 3.10. The van der Waals surface area contributed by atoms with Crippen molar-refractivity contribution in [3.05, 3.63) is 101 Å². The van der Waals surface area contributed by atoms with E-state index in [9.17, 15) is 19.2 Å². The van der Waals surface area contributed by atoms with E-state index in [-0.39, 0.29) is 26.1 Å². The number of hydrogen-bond donors (Lipinski definition) is 2. The highest BCUT2D eigenvalue weighted by Crippen LogP contribution is 2.09. The van der Waals surface area contributed by atoms with Crippen LogP contribution in [-0.2, 0) is 54.6 Å². The molecule has 40 heavy (non-hydrogen) atoms. The van der Waals surface area contributed by atoms with E-state index in [1.807, 2.05) is 36.4 Å². The molecular formula is C29H31N3O8. The molecule has 1 heterocycles. The second-order valence-corrected chi connectivity index (χ2v) is 8.59. The molecule has 2 amide bonds. The minimum Gasteiger partial charge on any atom is -0.467 e. The van der Waals surface area contributed by atoms with Gasteiger partial charge in [-0.05, 0) is 23.3 Å². The Labute approximate surface area is 231 Å². The summed E-state index contributed by atoms with van der Waals surface area (Å²) in [6.45, 7) is 0.0635. The molecule has 210 valence electrons. The number of rotatable bonds is 12. The summed E-state index contributed by atoms with van der Waals surface area (Å²) in [5, 5.41) is 5.01. The van der Waals surface area contributed by atoms with E-state index >= 15 is 0 Å². The van der Waals surface area contributed by atoms with Crippen LogP contribution in [0.4, 0.5) is 9.59 Å². The van der Waals surface area contributed by atoms with Crippen LogP contribution in [0.2, 0.25) is 0 Å². The van der Waals surface area contributed by atoms with Gasteiger partial charge in [-0.15, -0.1) is 0 Å². The summed E-state index contributed by atoms with van der Waals surface area (Å²) >= 11 is 0. The van der Waals surface area contributed by atoms with E-state index < -0.39 is 36.2 Å². The smallest absolute Gasteiger partial charge is 0.408 e. The highest BCUT2D eigenvalue weighted by atomic mass is 16.6. The van der Waals surface area contributed by atoms with Gasteiger partial charge >= 0.3 is 24.1 Å². The third-order valence-corrected chi connectivity index (χ3v) is 5.67. The largest absolute Gasteiger partial charge is 0.467 e. The topological polar surface area (TPSA) is 142 Å². The van der Waals surface area contributed by atoms with Crippen molar-refractivity contribution in [2.75, 3.05) is 14.2 Å². The Morgan fingerprint density at radius 1 is 0.625 bits per heavy atom. The average molecular weight is 550 g/mol. The van der Waals surface area contributed by atoms with Crippen molar-refractivity contribution in [2.24, 2.45) is 0 Å². The van der Waals surface area contributed by atoms with Crippen molar-refractivity contribution in [2.45, 2.75) is 38.1 Å². The normalized spacial score (nSPS) is 11.8. The van der Waals surface area contributed by atoms with Crippen molar-refractivity contribution in [3.63, 3.8) is 0 Å². The fourth-order valence-electron chi connectivity index (χ4n) is 3.66. The maximum Gasteiger partial charge on any atom is 0.408 e. The highest BCUT2D eigenvalue weighted by Gasteiger charge is 2.26. The van der Waals surface area contributed by atoms with E-state index in [2.05, 4.69) is 15.6 Å². The maximum absolute atomic E-state index is 12.4. The number of carbonyl (C=O) groups excluding carboxylic acids is 4. The van der Waals surface area contributed by atoms with Crippen LogP contribution in [0.1, 0.15) is 22.5 Å². The quantitative estimate of drug-likeness (QED) is 0.257. The lowest BCUT2D eigenvalue weighted by Gasteiger charge is -2.18. The van der Waals surface area contributed by atoms with Gasteiger partial charge in [0.25, 0.3) is 0 Å². The van der Waals surface area contributed by atoms with Gasteiger partial charge in [-0.1, -0.05) is 66.7 Å². The monoisotopic (exact) mass is 549 g/mol. The molecule has 0 aliphatic carbocycles. The number of alkyl carbamates (subject to hydrolysis) is 2. The van der Waals surface area contributed by atoms with Gasteiger partial charge in [0.15, 0.2) is 0 Å². The Balaban J connectivity index is 1.61. The van der Waals surface area contributed by atoms with Gasteiger partial charge < -0.3 is 29.6 Å². The first-order chi connectivity index (χ1) is 19.4. The van der Waals surface area contributed by atoms with Gasteiger partial charge in [-0.25, -0.2) is 19.2 Å². The SMILES string of the molecule is COC(=O)[C@H](Cc1cccc(C[C@@H](NC(=O)OCc2ccccc2)C(=O)OC)n1)NC(=O)OCc1ccccc1. The van der Waals surface area contributed by atoms with Gasteiger partial charge in [0.1, 0.15) is 25.3 Å². The van der Waals surface area contributed by atoms with E-state index in [4.69, 9.17) is 18.9 Å². The van der Waals surface area contributed by atoms with E-state index in [0.29, 0.717) is 11.4 Å². The summed E-state index contributed by atoms with van der Waals surface area (Å²) in [6, 6.07) is 21.1. The Kier molecular flexibility index (Phi) is 11.5. The maximum atomic E-state index is 12.4. The molecule has 0 aliphatic heterocycles. The lowest BCUT2D eigenvalue weighted by molar-refractivity contribution is -0.143. The fourth-order valence-corrected chi connectivity index (χ4v) is 3.66. The zero-order valence-electron chi connectivity index (χ0n) is 22.2. The van der Waals surface area contributed by atoms with Crippen LogP contribution in [0.5, 0.6) is 0 Å². The Morgan fingerprint density at radius 2 is 1.02 bits per heavy atom. The molecule has 0 bridgehead atoms. The molecule has 0 saturated heterocycles. The molecule has 0 radical (unpaired) electrons. The molecule has 0 spiro atoms. The van der Waals surface area contributed by atoms with Crippen molar-refractivity contribution >= 4 is 24.1 Å². The van der Waals surface area contributed by atoms with Gasteiger partial charge in [-0.2, -0.15) is 0 Å². The van der Waals surface area contributed by atoms with Crippen LogP contribution < -0.4 is 10.6 Å².